The van der Waals surface area contributed by atoms with Gasteiger partial charge in [0.1, 0.15) is 11.1 Å². The molecular weight excluding hydrogens is 377 g/mol. The number of likely N-dealkylation sites (tertiary alicyclic amines) is 1. The number of halogens is 1. The number of hydrogen-bond acceptors (Lipinski definition) is 3. The quantitative estimate of drug-likeness (QED) is 0.740. The van der Waals surface area contributed by atoms with Crippen molar-refractivity contribution in [2.45, 2.75) is 29.9 Å². The van der Waals surface area contributed by atoms with E-state index in [-0.39, 0.29) is 11.7 Å². The Kier molecular flexibility index (Phi) is 6.52. The molecule has 1 N–H and O–H groups in total. The van der Waals surface area contributed by atoms with E-state index in [9.17, 15) is 14.0 Å². The first-order valence-corrected chi connectivity index (χ1v) is 10.0. The van der Waals surface area contributed by atoms with Crippen molar-refractivity contribution < 1.29 is 19.1 Å². The molecule has 0 bridgehead atoms. The van der Waals surface area contributed by atoms with E-state index in [0.717, 1.165) is 18.4 Å². The molecule has 1 amide bonds. The van der Waals surface area contributed by atoms with Gasteiger partial charge in [0.25, 0.3) is 5.91 Å². The Bertz CT molecular complexity index is 902. The SMILES string of the molecule is CC(Sc1ccccc1C(=O)N1CCC(=Cc2cccc(F)c2)CC1)C(=O)O. The zero-order chi connectivity index (χ0) is 20.1. The third-order valence-corrected chi connectivity index (χ3v) is 5.85. The van der Waals surface area contributed by atoms with Crippen LogP contribution in [0.5, 0.6) is 0 Å². The molecule has 0 spiro atoms. The number of benzene rings is 2. The lowest BCUT2D eigenvalue weighted by Crippen LogP contribution is -2.36. The maximum absolute atomic E-state index is 13.3. The van der Waals surface area contributed by atoms with Crippen LogP contribution < -0.4 is 0 Å². The van der Waals surface area contributed by atoms with Gasteiger partial charge >= 0.3 is 5.97 Å². The molecule has 2 aromatic carbocycles. The molecule has 28 heavy (non-hydrogen) atoms. The first-order chi connectivity index (χ1) is 13.4. The molecule has 6 heteroatoms. The van der Waals surface area contributed by atoms with Crippen LogP contribution in [0.4, 0.5) is 4.39 Å². The number of hydrogen-bond donors (Lipinski definition) is 1. The lowest BCUT2D eigenvalue weighted by molar-refractivity contribution is -0.136. The number of carbonyl (C=O) groups is 2. The van der Waals surface area contributed by atoms with Crippen molar-refractivity contribution in [3.8, 4) is 0 Å². The largest absolute Gasteiger partial charge is 0.480 e. The van der Waals surface area contributed by atoms with Crippen LogP contribution in [0.25, 0.3) is 6.08 Å². The molecule has 0 aliphatic carbocycles. The Morgan fingerprint density at radius 3 is 2.54 bits per heavy atom. The monoisotopic (exact) mass is 399 g/mol. The van der Waals surface area contributed by atoms with Crippen LogP contribution in [-0.2, 0) is 4.79 Å². The minimum atomic E-state index is -0.905. The summed E-state index contributed by atoms with van der Waals surface area (Å²) in [5.74, 6) is -1.24. The van der Waals surface area contributed by atoms with Crippen molar-refractivity contribution in [3.63, 3.8) is 0 Å². The van der Waals surface area contributed by atoms with Crippen LogP contribution in [0.3, 0.4) is 0 Å². The molecule has 2 aromatic rings. The maximum atomic E-state index is 13.3. The van der Waals surface area contributed by atoms with E-state index in [1.807, 2.05) is 18.2 Å². The van der Waals surface area contributed by atoms with Gasteiger partial charge in [0.2, 0.25) is 0 Å². The van der Waals surface area contributed by atoms with Crippen molar-refractivity contribution in [1.29, 1.82) is 0 Å². The van der Waals surface area contributed by atoms with Crippen LogP contribution >= 0.6 is 11.8 Å². The molecule has 1 aliphatic rings. The second-order valence-electron chi connectivity index (χ2n) is 6.74. The van der Waals surface area contributed by atoms with Crippen LogP contribution in [-0.4, -0.2) is 40.2 Å². The minimum absolute atomic E-state index is 0.0782. The average molecular weight is 399 g/mol. The molecule has 1 fully saturated rings. The van der Waals surface area contributed by atoms with Crippen LogP contribution in [0.1, 0.15) is 35.7 Å². The van der Waals surface area contributed by atoms with Crippen LogP contribution in [0.2, 0.25) is 0 Å². The van der Waals surface area contributed by atoms with Gasteiger partial charge < -0.3 is 10.0 Å². The van der Waals surface area contributed by atoms with Gasteiger partial charge in [0.15, 0.2) is 0 Å². The van der Waals surface area contributed by atoms with E-state index >= 15 is 0 Å². The summed E-state index contributed by atoms with van der Waals surface area (Å²) in [6.07, 6.45) is 3.47. The third-order valence-electron chi connectivity index (χ3n) is 4.68. The van der Waals surface area contributed by atoms with Crippen molar-refractivity contribution in [3.05, 3.63) is 71.0 Å². The number of piperidine rings is 1. The Morgan fingerprint density at radius 1 is 1.14 bits per heavy atom. The number of thioether (sulfide) groups is 1. The molecule has 1 heterocycles. The molecule has 4 nitrogen and oxygen atoms in total. The number of carbonyl (C=O) groups excluding carboxylic acids is 1. The van der Waals surface area contributed by atoms with Gasteiger partial charge in [-0.25, -0.2) is 4.39 Å². The van der Waals surface area contributed by atoms with Gasteiger partial charge in [-0.3, -0.25) is 9.59 Å². The third kappa shape index (κ3) is 5.01. The molecule has 1 unspecified atom stereocenters. The second kappa shape index (κ2) is 9.06. The Balaban J connectivity index is 1.68. The minimum Gasteiger partial charge on any atom is -0.480 e. The predicted molar refractivity (Wildman–Crippen MR) is 109 cm³/mol. The lowest BCUT2D eigenvalue weighted by Gasteiger charge is -2.29. The van der Waals surface area contributed by atoms with Gasteiger partial charge in [-0.1, -0.05) is 35.9 Å². The lowest BCUT2D eigenvalue weighted by atomic mass is 10.00. The fourth-order valence-electron chi connectivity index (χ4n) is 3.13. The molecule has 1 aliphatic heterocycles. The fourth-order valence-corrected chi connectivity index (χ4v) is 4.05. The summed E-state index contributed by atoms with van der Waals surface area (Å²) < 4.78 is 13.3. The molecule has 1 saturated heterocycles. The summed E-state index contributed by atoms with van der Waals surface area (Å²) in [4.78, 5) is 26.6. The van der Waals surface area contributed by atoms with Crippen molar-refractivity contribution >= 4 is 29.7 Å². The summed E-state index contributed by atoms with van der Waals surface area (Å²) in [6.45, 7) is 2.79. The van der Waals surface area contributed by atoms with E-state index < -0.39 is 11.2 Å². The zero-order valence-corrected chi connectivity index (χ0v) is 16.4. The predicted octanol–water partition coefficient (Wildman–Crippen LogP) is 4.71. The summed E-state index contributed by atoms with van der Waals surface area (Å²) in [5.41, 5.74) is 2.56. The summed E-state index contributed by atoms with van der Waals surface area (Å²) in [6, 6.07) is 13.6. The molecule has 146 valence electrons. The fraction of sp³-hybridized carbons (Fsp3) is 0.273. The van der Waals surface area contributed by atoms with Gasteiger partial charge in [-0.2, -0.15) is 0 Å². The first kappa shape index (κ1) is 20.1. The average Bonchev–Trinajstić information content (AvgIpc) is 2.68. The zero-order valence-electron chi connectivity index (χ0n) is 15.6. The molecule has 0 saturated carbocycles. The van der Waals surface area contributed by atoms with E-state index in [1.54, 1.807) is 36.1 Å². The van der Waals surface area contributed by atoms with Crippen molar-refractivity contribution in [2.24, 2.45) is 0 Å². The van der Waals surface area contributed by atoms with E-state index in [4.69, 9.17) is 5.11 Å². The standard InChI is InChI=1S/C22H22FNO3S/c1-15(22(26)27)28-20-8-3-2-7-19(20)21(25)24-11-9-16(10-12-24)13-17-5-4-6-18(23)14-17/h2-8,13-15H,9-12H2,1H3,(H,26,27). The first-order valence-electron chi connectivity index (χ1n) is 9.17. The molecular formula is C22H22FNO3S. The molecule has 0 aromatic heterocycles. The maximum Gasteiger partial charge on any atom is 0.316 e. The molecule has 3 rings (SSSR count). The normalized spacial score (nSPS) is 15.2. The highest BCUT2D eigenvalue weighted by atomic mass is 32.2. The number of nitrogens with zero attached hydrogens (tertiary/aromatic N) is 1. The van der Waals surface area contributed by atoms with Crippen LogP contribution in [0, 0.1) is 5.82 Å². The Hall–Kier alpha value is -2.60. The molecule has 0 radical (unpaired) electrons. The highest BCUT2D eigenvalue weighted by Crippen LogP contribution is 2.29. The second-order valence-corrected chi connectivity index (χ2v) is 8.13. The number of carboxylic acid groups (broad SMARTS) is 1. The van der Waals surface area contributed by atoms with Crippen molar-refractivity contribution in [2.75, 3.05) is 13.1 Å². The van der Waals surface area contributed by atoms with Gasteiger partial charge in [-0.05, 0) is 49.6 Å². The number of rotatable bonds is 5. The Morgan fingerprint density at radius 2 is 1.86 bits per heavy atom. The molecule has 1 atom stereocenters. The summed E-state index contributed by atoms with van der Waals surface area (Å²) >= 11 is 1.18. The van der Waals surface area contributed by atoms with E-state index in [1.165, 1.54) is 29.5 Å². The summed E-state index contributed by atoms with van der Waals surface area (Å²) in [5, 5.41) is 8.51. The van der Waals surface area contributed by atoms with Gasteiger partial charge in [0.05, 0.1) is 5.56 Å². The van der Waals surface area contributed by atoms with Gasteiger partial charge in [-0.15, -0.1) is 11.8 Å². The highest BCUT2D eigenvalue weighted by Gasteiger charge is 2.24. The highest BCUT2D eigenvalue weighted by molar-refractivity contribution is 8.00. The smallest absolute Gasteiger partial charge is 0.316 e. The van der Waals surface area contributed by atoms with Gasteiger partial charge in [0, 0.05) is 18.0 Å². The van der Waals surface area contributed by atoms with Crippen LogP contribution in [0.15, 0.2) is 59.0 Å². The topological polar surface area (TPSA) is 57.6 Å². The number of aliphatic carboxylic acids is 1. The number of amides is 1. The van der Waals surface area contributed by atoms with E-state index in [0.29, 0.717) is 23.5 Å². The van der Waals surface area contributed by atoms with E-state index in [2.05, 4.69) is 0 Å². The summed E-state index contributed by atoms with van der Waals surface area (Å²) in [7, 11) is 0. The number of carboxylic acids is 1. The Labute approximate surface area is 168 Å². The van der Waals surface area contributed by atoms with Crippen molar-refractivity contribution in [1.82, 2.24) is 4.90 Å².